The van der Waals surface area contributed by atoms with Crippen molar-refractivity contribution >= 4 is 46.5 Å². The number of carbonyl (C=O) groups excluding carboxylic acids is 3. The highest BCUT2D eigenvalue weighted by Crippen LogP contribution is 2.25. The van der Waals surface area contributed by atoms with Gasteiger partial charge in [-0.3, -0.25) is 9.59 Å². The van der Waals surface area contributed by atoms with E-state index in [1.807, 2.05) is 0 Å². The van der Waals surface area contributed by atoms with Crippen LogP contribution in [0.25, 0.3) is 0 Å². The third-order valence-electron chi connectivity index (χ3n) is 2.01. The number of rotatable bonds is 4. The fraction of sp³-hybridized carbons (Fsp3) is 0.556. The molecule has 1 heterocycles. The lowest BCUT2D eigenvalue weighted by Crippen LogP contribution is -2.39. The van der Waals surface area contributed by atoms with E-state index in [2.05, 4.69) is 12.2 Å². The van der Waals surface area contributed by atoms with Gasteiger partial charge in [0.25, 0.3) is 11.8 Å². The van der Waals surface area contributed by atoms with Crippen LogP contribution in [0, 0.1) is 0 Å². The number of carbonyl (C=O) groups is 3. The summed E-state index contributed by atoms with van der Waals surface area (Å²) in [7, 11) is 0. The molecule has 2 amide bonds. The van der Waals surface area contributed by atoms with Crippen LogP contribution in [0.1, 0.15) is 26.7 Å². The summed E-state index contributed by atoms with van der Waals surface area (Å²) in [5, 5.41) is 0.536. The molecule has 0 aromatic rings. The van der Waals surface area contributed by atoms with Gasteiger partial charge in [-0.25, -0.2) is 4.79 Å². The SMILES string of the molecule is CC(C)(SC=S)C(=O)ON1C(=O)CCC1=O. The molecule has 0 bridgehead atoms. The Bertz CT molecular complexity index is 337. The zero-order valence-corrected chi connectivity index (χ0v) is 10.5. The fourth-order valence-corrected chi connectivity index (χ4v) is 2.11. The molecule has 0 saturated carbocycles. The summed E-state index contributed by atoms with van der Waals surface area (Å²) >= 11 is 5.72. The molecule has 0 unspecified atom stereocenters. The average Bonchev–Trinajstić information content (AvgIpc) is 2.49. The van der Waals surface area contributed by atoms with Crippen molar-refractivity contribution in [1.29, 1.82) is 0 Å². The standard InChI is InChI=1S/C9H11NO4S2/c1-9(2,16-5-15)8(13)14-10-6(11)3-4-7(10)12/h5H,3-4H2,1-2H3. The lowest BCUT2D eigenvalue weighted by atomic mass is 10.2. The molecule has 0 aromatic heterocycles. The molecular weight excluding hydrogens is 250 g/mol. The number of hydrogen-bond donors (Lipinski definition) is 0. The van der Waals surface area contributed by atoms with Gasteiger partial charge in [-0.1, -0.05) is 12.2 Å². The summed E-state index contributed by atoms with van der Waals surface area (Å²) in [5.41, 5.74) is 0. The lowest BCUT2D eigenvalue weighted by Gasteiger charge is -2.21. The Labute approximate surface area is 102 Å². The van der Waals surface area contributed by atoms with Crippen LogP contribution in [0.3, 0.4) is 0 Å². The number of imide groups is 1. The first-order valence-electron chi connectivity index (χ1n) is 4.58. The Morgan fingerprint density at radius 3 is 2.38 bits per heavy atom. The van der Waals surface area contributed by atoms with Crippen LogP contribution >= 0.6 is 24.0 Å². The van der Waals surface area contributed by atoms with Crippen LogP contribution < -0.4 is 0 Å². The molecule has 1 aliphatic heterocycles. The van der Waals surface area contributed by atoms with Crippen LogP contribution in [0.2, 0.25) is 0 Å². The minimum Gasteiger partial charge on any atom is -0.329 e. The van der Waals surface area contributed by atoms with Crippen molar-refractivity contribution in [3.8, 4) is 0 Å². The number of hydrogen-bond acceptors (Lipinski definition) is 6. The van der Waals surface area contributed by atoms with Crippen LogP contribution in [0.4, 0.5) is 0 Å². The van der Waals surface area contributed by atoms with Gasteiger partial charge in [0.15, 0.2) is 0 Å². The van der Waals surface area contributed by atoms with E-state index in [0.717, 1.165) is 11.8 Å². The van der Waals surface area contributed by atoms with Gasteiger partial charge >= 0.3 is 5.97 Å². The van der Waals surface area contributed by atoms with E-state index in [1.165, 1.54) is 4.70 Å². The van der Waals surface area contributed by atoms with Crippen LogP contribution in [0.15, 0.2) is 0 Å². The molecule has 5 nitrogen and oxygen atoms in total. The van der Waals surface area contributed by atoms with Gasteiger partial charge in [-0.2, -0.15) is 0 Å². The number of nitrogens with zero attached hydrogens (tertiary/aromatic N) is 1. The molecular formula is C9H11NO4S2. The maximum Gasteiger partial charge on any atom is 0.348 e. The van der Waals surface area contributed by atoms with E-state index in [0.29, 0.717) is 5.06 Å². The van der Waals surface area contributed by atoms with Gasteiger partial charge in [0.2, 0.25) is 0 Å². The molecule has 0 atom stereocenters. The van der Waals surface area contributed by atoms with Gasteiger partial charge < -0.3 is 4.84 Å². The first-order chi connectivity index (χ1) is 7.38. The molecule has 1 fully saturated rings. The largest absolute Gasteiger partial charge is 0.348 e. The summed E-state index contributed by atoms with van der Waals surface area (Å²) < 4.78 is 0.430. The summed E-state index contributed by atoms with van der Waals surface area (Å²) in [5.74, 6) is -1.63. The molecule has 1 saturated heterocycles. The molecule has 1 aliphatic rings. The van der Waals surface area contributed by atoms with E-state index in [9.17, 15) is 14.4 Å². The Hall–Kier alpha value is -0.950. The van der Waals surface area contributed by atoms with Crippen molar-refractivity contribution in [3.05, 3.63) is 0 Å². The first-order valence-corrected chi connectivity index (χ1v) is 5.93. The quantitative estimate of drug-likeness (QED) is 0.557. The normalized spacial score (nSPS) is 16.5. The number of thioether (sulfide) groups is 1. The Morgan fingerprint density at radius 2 is 1.94 bits per heavy atom. The molecule has 88 valence electrons. The minimum absolute atomic E-state index is 0.0901. The highest BCUT2D eigenvalue weighted by molar-refractivity contribution is 8.22. The third kappa shape index (κ3) is 2.79. The van der Waals surface area contributed by atoms with Crippen LogP contribution in [0.5, 0.6) is 0 Å². The number of amides is 2. The molecule has 0 aromatic carbocycles. The summed E-state index contributed by atoms with van der Waals surface area (Å²) in [4.78, 5) is 38.8. The van der Waals surface area contributed by atoms with Crippen molar-refractivity contribution < 1.29 is 19.2 Å². The lowest BCUT2D eigenvalue weighted by molar-refractivity contribution is -0.198. The molecule has 7 heteroatoms. The Kier molecular flexibility index (Phi) is 4.03. The van der Waals surface area contributed by atoms with E-state index in [4.69, 9.17) is 4.84 Å². The Balaban J connectivity index is 2.67. The zero-order chi connectivity index (χ0) is 12.3. The van der Waals surface area contributed by atoms with E-state index in [-0.39, 0.29) is 12.8 Å². The molecule has 16 heavy (non-hydrogen) atoms. The van der Waals surface area contributed by atoms with Gasteiger partial charge in [0, 0.05) is 17.5 Å². The molecule has 0 aliphatic carbocycles. The summed E-state index contributed by atoms with van der Waals surface area (Å²) in [6.45, 7) is 3.21. The second-order valence-electron chi connectivity index (χ2n) is 3.68. The van der Waals surface area contributed by atoms with E-state index >= 15 is 0 Å². The van der Waals surface area contributed by atoms with Crippen molar-refractivity contribution in [1.82, 2.24) is 5.06 Å². The van der Waals surface area contributed by atoms with Crippen LogP contribution in [-0.4, -0.2) is 32.3 Å². The predicted octanol–water partition coefficient (Wildman–Crippen LogP) is 1.06. The second kappa shape index (κ2) is 4.92. The van der Waals surface area contributed by atoms with Crippen molar-refractivity contribution in [2.45, 2.75) is 31.4 Å². The molecule has 0 radical (unpaired) electrons. The molecule has 0 spiro atoms. The van der Waals surface area contributed by atoms with Gasteiger partial charge in [0.1, 0.15) is 4.75 Å². The second-order valence-corrected chi connectivity index (χ2v) is 5.71. The topological polar surface area (TPSA) is 63.7 Å². The smallest absolute Gasteiger partial charge is 0.329 e. The van der Waals surface area contributed by atoms with E-state index in [1.54, 1.807) is 13.8 Å². The highest BCUT2D eigenvalue weighted by atomic mass is 32.2. The highest BCUT2D eigenvalue weighted by Gasteiger charge is 2.38. The number of hydroxylamine groups is 2. The minimum atomic E-state index is -0.912. The fourth-order valence-electron chi connectivity index (χ4n) is 1.02. The van der Waals surface area contributed by atoms with Crippen LogP contribution in [-0.2, 0) is 19.2 Å². The van der Waals surface area contributed by atoms with Gasteiger partial charge in [-0.15, -0.1) is 16.8 Å². The maximum absolute atomic E-state index is 11.6. The molecule has 0 N–H and O–H groups in total. The predicted molar refractivity (Wildman–Crippen MR) is 62.5 cm³/mol. The molecule has 1 rings (SSSR count). The summed E-state index contributed by atoms with van der Waals surface area (Å²) in [6.07, 6.45) is 0.180. The van der Waals surface area contributed by atoms with Gasteiger partial charge in [0.05, 0.1) is 0 Å². The van der Waals surface area contributed by atoms with Gasteiger partial charge in [-0.05, 0) is 13.8 Å². The zero-order valence-electron chi connectivity index (χ0n) is 8.89. The Morgan fingerprint density at radius 1 is 1.44 bits per heavy atom. The van der Waals surface area contributed by atoms with Crippen molar-refractivity contribution in [3.63, 3.8) is 0 Å². The summed E-state index contributed by atoms with van der Waals surface area (Å²) in [6, 6.07) is 0. The van der Waals surface area contributed by atoms with E-state index < -0.39 is 22.5 Å². The monoisotopic (exact) mass is 261 g/mol. The van der Waals surface area contributed by atoms with Crippen molar-refractivity contribution in [2.75, 3.05) is 0 Å². The number of thiocarbonyl (C=S) groups is 1. The first kappa shape index (κ1) is 13.1. The maximum atomic E-state index is 11.6. The average molecular weight is 261 g/mol. The third-order valence-corrected chi connectivity index (χ3v) is 3.16. The van der Waals surface area contributed by atoms with Crippen molar-refractivity contribution in [2.24, 2.45) is 0 Å².